The van der Waals surface area contributed by atoms with E-state index in [1.165, 1.54) is 6.08 Å². The molecule has 9 nitrogen and oxygen atoms in total. The average Bonchev–Trinajstić information content (AvgIpc) is 2.96. The Kier molecular flexibility index (Phi) is 7.51. The van der Waals surface area contributed by atoms with Crippen molar-refractivity contribution >= 4 is 74.1 Å². The van der Waals surface area contributed by atoms with Crippen LogP contribution in [0.15, 0.2) is 46.6 Å². The maximum atomic E-state index is 12.7. The Morgan fingerprint density at radius 3 is 2.59 bits per heavy atom. The number of benzene rings is 2. The zero-order valence-corrected chi connectivity index (χ0v) is 20.4. The predicted molar refractivity (Wildman–Crippen MR) is 128 cm³/mol. The van der Waals surface area contributed by atoms with E-state index in [2.05, 4.69) is 49.2 Å². The van der Waals surface area contributed by atoms with Crippen LogP contribution in [0.3, 0.4) is 0 Å². The minimum Gasteiger partial charge on any atom is -0.480 e. The number of amides is 4. The molecule has 0 bridgehead atoms. The minimum atomic E-state index is -1.16. The molecule has 3 rings (SSSR count). The molecule has 0 saturated carbocycles. The molecule has 1 heterocycles. The van der Waals surface area contributed by atoms with Gasteiger partial charge in [-0.05, 0) is 75.8 Å². The van der Waals surface area contributed by atoms with Crippen molar-refractivity contribution < 1.29 is 29.0 Å². The van der Waals surface area contributed by atoms with Crippen LogP contribution in [-0.4, -0.2) is 47.0 Å². The molecule has 0 unspecified atom stereocenters. The Hall–Kier alpha value is -2.93. The van der Waals surface area contributed by atoms with E-state index in [4.69, 9.17) is 9.84 Å². The van der Waals surface area contributed by atoms with Gasteiger partial charge in [-0.2, -0.15) is 0 Å². The van der Waals surface area contributed by atoms with Crippen LogP contribution in [0.5, 0.6) is 5.75 Å². The Morgan fingerprint density at radius 2 is 1.94 bits per heavy atom. The monoisotopic (exact) mass is 613 g/mol. The number of hydrogen-bond donors (Lipinski definition) is 3. The van der Waals surface area contributed by atoms with E-state index in [1.807, 2.05) is 19.1 Å². The number of aliphatic carboxylic acids is 1. The molecule has 0 spiro atoms. The number of carbonyl (C=O) groups excluding carboxylic acids is 3. The summed E-state index contributed by atoms with van der Waals surface area (Å²) in [6.45, 7) is 0.867. The van der Waals surface area contributed by atoms with Crippen molar-refractivity contribution in [2.45, 2.75) is 6.92 Å². The van der Waals surface area contributed by atoms with Crippen LogP contribution in [0.25, 0.3) is 6.08 Å². The fraction of sp³-hybridized carbons (Fsp3) is 0.143. The third-order valence-corrected chi connectivity index (χ3v) is 5.49. The molecule has 1 aliphatic heterocycles. The van der Waals surface area contributed by atoms with Crippen LogP contribution in [0.2, 0.25) is 0 Å². The normalized spacial score (nSPS) is 14.5. The lowest BCUT2D eigenvalue weighted by atomic mass is 10.1. The van der Waals surface area contributed by atoms with Gasteiger partial charge < -0.3 is 20.5 Å². The topological polar surface area (TPSA) is 125 Å². The highest BCUT2D eigenvalue weighted by Crippen LogP contribution is 2.33. The zero-order chi connectivity index (χ0) is 23.4. The first-order valence-electron chi connectivity index (χ1n) is 9.18. The number of ether oxygens (including phenoxy) is 1. The van der Waals surface area contributed by atoms with E-state index >= 15 is 0 Å². The lowest BCUT2D eigenvalue weighted by Crippen LogP contribution is -2.38. The van der Waals surface area contributed by atoms with Crippen molar-refractivity contribution in [2.24, 2.45) is 0 Å². The zero-order valence-electron chi connectivity index (χ0n) is 16.6. The first-order chi connectivity index (χ1) is 15.1. The molecule has 0 aromatic heterocycles. The molecule has 1 aliphatic rings. The van der Waals surface area contributed by atoms with Gasteiger partial charge in [0.1, 0.15) is 18.0 Å². The minimum absolute atomic E-state index is 0.0628. The Balaban J connectivity index is 1.78. The summed E-state index contributed by atoms with van der Waals surface area (Å²) < 4.78 is 6.60. The van der Waals surface area contributed by atoms with Gasteiger partial charge in [0.15, 0.2) is 6.61 Å². The maximum absolute atomic E-state index is 12.7. The van der Waals surface area contributed by atoms with Gasteiger partial charge in [-0.1, -0.05) is 17.7 Å². The molecule has 2 aromatic carbocycles. The summed E-state index contributed by atoms with van der Waals surface area (Å²) in [7, 11) is 0. The molecule has 3 N–H and O–H groups in total. The maximum Gasteiger partial charge on any atom is 0.341 e. The number of nitrogens with one attached hydrogen (secondary N) is 2. The number of rotatable bonds is 7. The van der Waals surface area contributed by atoms with E-state index < -0.39 is 37.0 Å². The molecule has 2 aromatic rings. The van der Waals surface area contributed by atoms with Crippen molar-refractivity contribution in [2.75, 3.05) is 18.5 Å². The fourth-order valence-corrected chi connectivity index (χ4v) is 4.49. The number of hydrogen-bond acceptors (Lipinski definition) is 5. The van der Waals surface area contributed by atoms with Crippen LogP contribution < -0.4 is 15.4 Å². The second-order valence-electron chi connectivity index (χ2n) is 6.78. The summed E-state index contributed by atoms with van der Waals surface area (Å²) >= 11 is 5.37. The van der Waals surface area contributed by atoms with Gasteiger partial charge in [-0.25, -0.2) is 14.5 Å². The summed E-state index contributed by atoms with van der Waals surface area (Å²) in [5, 5.41) is 14.0. The Morgan fingerprint density at radius 1 is 1.25 bits per heavy atom. The van der Waals surface area contributed by atoms with Crippen LogP contribution in [0.4, 0.5) is 10.5 Å². The number of nitrogens with zero attached hydrogens (tertiary/aromatic N) is 1. The molecule has 0 aliphatic carbocycles. The summed E-state index contributed by atoms with van der Waals surface area (Å²) in [5.41, 5.74) is 1.90. The molecule has 166 valence electrons. The van der Waals surface area contributed by atoms with E-state index in [-0.39, 0.29) is 11.4 Å². The molecule has 1 saturated heterocycles. The SMILES string of the molecule is Cc1ccc(NC(=O)CN2C(=O)N/C(=C/c3cc(I)cc(Br)c3OCC(=O)O)C2=O)cc1. The highest BCUT2D eigenvalue weighted by molar-refractivity contribution is 14.1. The van der Waals surface area contributed by atoms with Gasteiger partial charge in [0.2, 0.25) is 5.91 Å². The lowest BCUT2D eigenvalue weighted by Gasteiger charge is -2.12. The second kappa shape index (κ2) is 10.1. The Labute approximate surface area is 205 Å². The van der Waals surface area contributed by atoms with E-state index in [1.54, 1.807) is 24.3 Å². The van der Waals surface area contributed by atoms with Crippen molar-refractivity contribution in [3.8, 4) is 5.75 Å². The van der Waals surface area contributed by atoms with E-state index in [0.29, 0.717) is 15.7 Å². The molecular weight excluding hydrogens is 597 g/mol. The van der Waals surface area contributed by atoms with Crippen LogP contribution in [0, 0.1) is 10.5 Å². The predicted octanol–water partition coefficient (Wildman–Crippen LogP) is 3.36. The first-order valence-corrected chi connectivity index (χ1v) is 11.1. The van der Waals surface area contributed by atoms with Gasteiger partial charge in [0.25, 0.3) is 5.91 Å². The fourth-order valence-electron chi connectivity index (χ4n) is 2.83. The van der Waals surface area contributed by atoms with E-state index in [0.717, 1.165) is 14.0 Å². The number of carboxylic acid groups (broad SMARTS) is 1. The van der Waals surface area contributed by atoms with Gasteiger partial charge in [-0.15, -0.1) is 0 Å². The smallest absolute Gasteiger partial charge is 0.341 e. The number of carbonyl (C=O) groups is 4. The summed E-state index contributed by atoms with van der Waals surface area (Å²) in [4.78, 5) is 49.0. The number of halogens is 2. The van der Waals surface area contributed by atoms with Crippen molar-refractivity contribution in [1.29, 1.82) is 0 Å². The van der Waals surface area contributed by atoms with Crippen molar-refractivity contribution in [1.82, 2.24) is 10.2 Å². The quantitative estimate of drug-likeness (QED) is 0.250. The van der Waals surface area contributed by atoms with Crippen molar-refractivity contribution in [3.05, 3.63) is 61.3 Å². The molecular formula is C21H17BrIN3O6. The molecule has 11 heteroatoms. The third-order valence-electron chi connectivity index (χ3n) is 4.28. The lowest BCUT2D eigenvalue weighted by molar-refractivity contribution is -0.139. The van der Waals surface area contributed by atoms with Gasteiger partial charge in [0, 0.05) is 14.8 Å². The number of imide groups is 1. The second-order valence-corrected chi connectivity index (χ2v) is 8.88. The first kappa shape index (κ1) is 23.7. The highest BCUT2D eigenvalue weighted by Gasteiger charge is 2.35. The number of carboxylic acids is 1. The van der Waals surface area contributed by atoms with Gasteiger partial charge in [-0.3, -0.25) is 9.59 Å². The van der Waals surface area contributed by atoms with Crippen LogP contribution >= 0.6 is 38.5 Å². The molecule has 1 fully saturated rings. The number of urea groups is 1. The average molecular weight is 614 g/mol. The molecule has 0 radical (unpaired) electrons. The summed E-state index contributed by atoms with van der Waals surface area (Å²) in [6.07, 6.45) is 1.38. The highest BCUT2D eigenvalue weighted by atomic mass is 127. The number of aryl methyl sites for hydroxylation is 1. The standard InChI is InChI=1S/C21H17BrIN3O6/c1-11-2-4-14(5-3-11)24-17(27)9-26-20(30)16(25-21(26)31)7-12-6-13(23)8-15(22)19(12)32-10-18(28)29/h2-8H,9-10H2,1H3,(H,24,27)(H,25,31)(H,28,29)/b16-7+. The summed E-state index contributed by atoms with van der Waals surface area (Å²) in [5.74, 6) is -2.17. The molecule has 0 atom stereocenters. The van der Waals surface area contributed by atoms with Crippen molar-refractivity contribution in [3.63, 3.8) is 0 Å². The number of anilines is 1. The molecule has 4 amide bonds. The van der Waals surface area contributed by atoms with Crippen LogP contribution in [0.1, 0.15) is 11.1 Å². The van der Waals surface area contributed by atoms with Crippen LogP contribution in [-0.2, 0) is 14.4 Å². The van der Waals surface area contributed by atoms with Gasteiger partial charge in [0.05, 0.1) is 4.47 Å². The molecule has 32 heavy (non-hydrogen) atoms. The largest absolute Gasteiger partial charge is 0.480 e. The summed E-state index contributed by atoms with van der Waals surface area (Å²) in [6, 6.07) is 9.74. The third kappa shape index (κ3) is 5.85. The Bertz CT molecular complexity index is 1130. The van der Waals surface area contributed by atoms with E-state index in [9.17, 15) is 19.2 Å². The van der Waals surface area contributed by atoms with Gasteiger partial charge >= 0.3 is 12.0 Å².